The third-order valence-electron chi connectivity index (χ3n) is 7.96. The minimum Gasteiger partial charge on any atom is -0.497 e. The van der Waals surface area contributed by atoms with Crippen LogP contribution in [0.3, 0.4) is 0 Å². The van der Waals surface area contributed by atoms with E-state index >= 15 is 0 Å². The Bertz CT molecular complexity index is 1560. The van der Waals surface area contributed by atoms with Gasteiger partial charge in [0.05, 0.1) is 24.8 Å². The van der Waals surface area contributed by atoms with Crippen molar-refractivity contribution in [1.82, 2.24) is 10.2 Å². The molecule has 3 aromatic carbocycles. The Morgan fingerprint density at radius 3 is 2.30 bits per heavy atom. The second kappa shape index (κ2) is 14.8. The maximum atomic E-state index is 14.3. The maximum Gasteiger partial charge on any atom is 0.264 e. The van der Waals surface area contributed by atoms with Gasteiger partial charge in [-0.3, -0.25) is 13.9 Å². The van der Waals surface area contributed by atoms with E-state index in [1.807, 2.05) is 6.92 Å². The Balaban J connectivity index is 1.75. The molecule has 3 aromatic rings. The summed E-state index contributed by atoms with van der Waals surface area (Å²) in [4.78, 5) is 29.2. The number of hydrogen-bond acceptors (Lipinski definition) is 6. The Kier molecular flexibility index (Phi) is 11.2. The first-order valence-corrected chi connectivity index (χ1v) is 16.5. The van der Waals surface area contributed by atoms with Gasteiger partial charge in [0.15, 0.2) is 0 Å². The van der Waals surface area contributed by atoms with Crippen LogP contribution in [0, 0.1) is 6.92 Å². The van der Waals surface area contributed by atoms with Gasteiger partial charge in [-0.2, -0.15) is 0 Å². The molecule has 1 aliphatic rings. The smallest absolute Gasteiger partial charge is 0.264 e. The molecule has 11 heteroatoms. The number of benzene rings is 3. The minimum atomic E-state index is -4.28. The van der Waals surface area contributed by atoms with E-state index < -0.39 is 28.5 Å². The molecule has 1 aliphatic carbocycles. The van der Waals surface area contributed by atoms with Gasteiger partial charge in [-0.1, -0.05) is 66.8 Å². The zero-order valence-electron chi connectivity index (χ0n) is 25.6. The average molecular weight is 642 g/mol. The maximum absolute atomic E-state index is 14.3. The number of nitrogens with one attached hydrogen (secondary N) is 1. The van der Waals surface area contributed by atoms with Crippen LogP contribution >= 0.6 is 11.6 Å². The van der Waals surface area contributed by atoms with Crippen molar-refractivity contribution in [2.75, 3.05) is 25.1 Å². The Morgan fingerprint density at radius 1 is 0.977 bits per heavy atom. The van der Waals surface area contributed by atoms with E-state index in [9.17, 15) is 18.0 Å². The van der Waals surface area contributed by atoms with E-state index in [-0.39, 0.29) is 34.8 Å². The van der Waals surface area contributed by atoms with Gasteiger partial charge in [-0.25, -0.2) is 8.42 Å². The molecule has 2 amide bonds. The van der Waals surface area contributed by atoms with Crippen LogP contribution in [0.4, 0.5) is 5.69 Å². The largest absolute Gasteiger partial charge is 0.497 e. The number of ether oxygens (including phenoxy) is 2. The van der Waals surface area contributed by atoms with Crippen LogP contribution in [0.25, 0.3) is 0 Å². The first-order valence-electron chi connectivity index (χ1n) is 14.7. The summed E-state index contributed by atoms with van der Waals surface area (Å²) in [5.41, 5.74) is 1.64. The number of amides is 2. The fourth-order valence-electron chi connectivity index (χ4n) is 5.30. The molecule has 4 rings (SSSR count). The molecule has 0 heterocycles. The lowest BCUT2D eigenvalue weighted by molar-refractivity contribution is -0.139. The number of nitrogens with zero attached hydrogens (tertiary/aromatic N) is 2. The lowest BCUT2D eigenvalue weighted by Gasteiger charge is -2.33. The molecular formula is C33H40ClN3O6S. The highest BCUT2D eigenvalue weighted by Gasteiger charge is 2.35. The lowest BCUT2D eigenvalue weighted by Crippen LogP contribution is -2.53. The summed E-state index contributed by atoms with van der Waals surface area (Å²) in [6, 6.07) is 17.3. The third-order valence-corrected chi connectivity index (χ3v) is 10.1. The summed E-state index contributed by atoms with van der Waals surface area (Å²) in [6.45, 7) is 2.91. The van der Waals surface area contributed by atoms with Gasteiger partial charge in [-0.15, -0.1) is 0 Å². The molecule has 0 aromatic heterocycles. The van der Waals surface area contributed by atoms with E-state index in [1.165, 1.54) is 37.3 Å². The molecule has 0 bridgehead atoms. The lowest BCUT2D eigenvalue weighted by atomic mass is 9.95. The van der Waals surface area contributed by atoms with E-state index in [0.29, 0.717) is 16.3 Å². The van der Waals surface area contributed by atoms with Crippen LogP contribution in [-0.4, -0.2) is 58.0 Å². The van der Waals surface area contributed by atoms with Gasteiger partial charge < -0.3 is 19.7 Å². The topological polar surface area (TPSA) is 105 Å². The fourth-order valence-corrected chi connectivity index (χ4v) is 6.92. The predicted octanol–water partition coefficient (Wildman–Crippen LogP) is 5.73. The summed E-state index contributed by atoms with van der Waals surface area (Å²) in [5, 5.41) is 3.53. The van der Waals surface area contributed by atoms with E-state index in [0.717, 1.165) is 42.0 Å². The van der Waals surface area contributed by atoms with Gasteiger partial charge in [-0.05, 0) is 62.6 Å². The normalized spacial score (nSPS) is 14.4. The Morgan fingerprint density at radius 2 is 1.66 bits per heavy atom. The zero-order chi connectivity index (χ0) is 31.9. The van der Waals surface area contributed by atoms with Crippen molar-refractivity contribution in [2.45, 2.75) is 69.5 Å². The number of carbonyl (C=O) groups is 2. The molecular weight excluding hydrogens is 602 g/mol. The predicted molar refractivity (Wildman–Crippen MR) is 172 cm³/mol. The van der Waals surface area contributed by atoms with Gasteiger partial charge in [0.1, 0.15) is 24.1 Å². The van der Waals surface area contributed by atoms with Crippen LogP contribution in [0.1, 0.15) is 50.2 Å². The Labute approximate surface area is 265 Å². The van der Waals surface area contributed by atoms with Crippen molar-refractivity contribution in [3.05, 3.63) is 82.9 Å². The van der Waals surface area contributed by atoms with Crippen molar-refractivity contribution in [1.29, 1.82) is 0 Å². The van der Waals surface area contributed by atoms with Crippen molar-refractivity contribution < 1.29 is 27.5 Å². The average Bonchev–Trinajstić information content (AvgIpc) is 3.03. The van der Waals surface area contributed by atoms with Gasteiger partial charge in [0, 0.05) is 23.7 Å². The highest BCUT2D eigenvalue weighted by molar-refractivity contribution is 7.92. The highest BCUT2D eigenvalue weighted by Crippen LogP contribution is 2.36. The molecule has 0 aliphatic heterocycles. The van der Waals surface area contributed by atoms with Gasteiger partial charge in [0.2, 0.25) is 11.8 Å². The Hall–Kier alpha value is -3.76. The van der Waals surface area contributed by atoms with Crippen molar-refractivity contribution in [3.63, 3.8) is 0 Å². The SMILES string of the molecule is COc1ccc(OC)c(N(CC(=O)N(Cc2ccccc2Cl)C(C)C(=O)NC2CCCCC2)S(=O)(=O)c2ccc(C)cc2)c1. The molecule has 236 valence electrons. The molecule has 0 spiro atoms. The molecule has 1 saturated carbocycles. The van der Waals surface area contributed by atoms with Crippen molar-refractivity contribution in [2.24, 2.45) is 0 Å². The van der Waals surface area contributed by atoms with E-state index in [2.05, 4.69) is 5.32 Å². The minimum absolute atomic E-state index is 0.00140. The van der Waals surface area contributed by atoms with Gasteiger partial charge >= 0.3 is 0 Å². The summed E-state index contributed by atoms with van der Waals surface area (Å²) < 4.78 is 40.3. The summed E-state index contributed by atoms with van der Waals surface area (Å²) in [5.74, 6) is -0.276. The number of carbonyl (C=O) groups excluding carboxylic acids is 2. The number of halogens is 1. The summed E-state index contributed by atoms with van der Waals surface area (Å²) in [6.07, 6.45) is 4.98. The number of hydrogen-bond donors (Lipinski definition) is 1. The number of sulfonamides is 1. The fraction of sp³-hybridized carbons (Fsp3) is 0.394. The van der Waals surface area contributed by atoms with Crippen LogP contribution in [0.15, 0.2) is 71.6 Å². The third kappa shape index (κ3) is 7.84. The second-order valence-corrected chi connectivity index (χ2v) is 13.3. The summed E-state index contributed by atoms with van der Waals surface area (Å²) in [7, 11) is -1.40. The monoisotopic (exact) mass is 641 g/mol. The molecule has 1 atom stereocenters. The van der Waals surface area contributed by atoms with Crippen LogP contribution < -0.4 is 19.1 Å². The first kappa shape index (κ1) is 33.1. The van der Waals surface area contributed by atoms with Crippen LogP contribution in [0.5, 0.6) is 11.5 Å². The zero-order valence-corrected chi connectivity index (χ0v) is 27.2. The molecule has 0 radical (unpaired) electrons. The number of methoxy groups -OCH3 is 2. The van der Waals surface area contributed by atoms with E-state index in [1.54, 1.807) is 55.5 Å². The number of anilines is 1. The highest BCUT2D eigenvalue weighted by atomic mass is 35.5. The molecule has 44 heavy (non-hydrogen) atoms. The van der Waals surface area contributed by atoms with Crippen LogP contribution in [0.2, 0.25) is 5.02 Å². The number of aryl methyl sites for hydroxylation is 1. The van der Waals surface area contributed by atoms with Crippen molar-refractivity contribution in [3.8, 4) is 11.5 Å². The molecule has 1 unspecified atom stereocenters. The molecule has 0 saturated heterocycles. The summed E-state index contributed by atoms with van der Waals surface area (Å²) >= 11 is 6.48. The van der Waals surface area contributed by atoms with Crippen LogP contribution in [-0.2, 0) is 26.2 Å². The standard InChI is InChI=1S/C33H40ClN3O6S/c1-23-14-17-28(18-15-23)44(40,41)37(30-20-27(42-3)16-19-31(30)43-4)22-32(38)36(21-25-10-8-9-13-29(25)34)24(2)33(39)35-26-11-6-5-7-12-26/h8-10,13-20,24,26H,5-7,11-12,21-22H2,1-4H3,(H,35,39). The van der Waals surface area contributed by atoms with Crippen molar-refractivity contribution >= 4 is 39.1 Å². The first-order chi connectivity index (χ1) is 21.0. The van der Waals surface area contributed by atoms with Gasteiger partial charge in [0.25, 0.3) is 10.0 Å². The molecule has 9 nitrogen and oxygen atoms in total. The molecule has 1 N–H and O–H groups in total. The second-order valence-electron chi connectivity index (χ2n) is 11.0. The van der Waals surface area contributed by atoms with E-state index in [4.69, 9.17) is 21.1 Å². The molecule has 1 fully saturated rings. The quantitative estimate of drug-likeness (QED) is 0.271. The number of rotatable bonds is 12.